The van der Waals surface area contributed by atoms with E-state index in [2.05, 4.69) is 15.5 Å². The molecular weight excluding hydrogens is 394 g/mol. The zero-order valence-corrected chi connectivity index (χ0v) is 17.6. The Morgan fingerprint density at radius 1 is 1.24 bits per heavy atom. The van der Waals surface area contributed by atoms with Crippen molar-refractivity contribution in [1.82, 2.24) is 25.1 Å². The highest BCUT2D eigenvalue weighted by atomic mass is 32.2. The number of methoxy groups -OCH3 is 1. The summed E-state index contributed by atoms with van der Waals surface area (Å²) in [5, 5.41) is 12.0. The molecule has 1 aromatic heterocycles. The van der Waals surface area contributed by atoms with Crippen LogP contribution in [0.2, 0.25) is 0 Å². The number of benzene rings is 1. The van der Waals surface area contributed by atoms with Gasteiger partial charge in [-0.25, -0.2) is 0 Å². The zero-order chi connectivity index (χ0) is 20.8. The molecule has 0 saturated carbocycles. The van der Waals surface area contributed by atoms with Crippen molar-refractivity contribution >= 4 is 23.6 Å². The van der Waals surface area contributed by atoms with Gasteiger partial charge in [-0.15, -0.1) is 5.10 Å². The molecule has 1 fully saturated rings. The summed E-state index contributed by atoms with van der Waals surface area (Å²) in [6.45, 7) is 5.13. The van der Waals surface area contributed by atoms with Crippen LogP contribution in [0.3, 0.4) is 0 Å². The second-order valence-electron chi connectivity index (χ2n) is 6.68. The molecular formula is C19H25N5O4S. The summed E-state index contributed by atoms with van der Waals surface area (Å²) in [5.41, 5.74) is 0.785. The molecule has 1 aliphatic rings. The molecule has 0 radical (unpaired) electrons. The first-order chi connectivity index (χ1) is 14.0. The number of ether oxygens (including phenoxy) is 2. The van der Waals surface area contributed by atoms with Crippen LogP contribution in [0.15, 0.2) is 29.4 Å². The maximum absolute atomic E-state index is 12.9. The third kappa shape index (κ3) is 5.06. The smallest absolute Gasteiger partial charge is 0.309 e. The fraction of sp³-hybridized carbons (Fsp3) is 0.526. The summed E-state index contributed by atoms with van der Waals surface area (Å²) in [6.07, 6.45) is 1.26. The van der Waals surface area contributed by atoms with Gasteiger partial charge in [-0.2, -0.15) is 4.68 Å². The van der Waals surface area contributed by atoms with Crippen LogP contribution in [-0.2, 0) is 14.3 Å². The lowest BCUT2D eigenvalue weighted by atomic mass is 9.97. The largest absolute Gasteiger partial charge is 0.497 e. The third-order valence-electron chi connectivity index (χ3n) is 4.81. The Hall–Kier alpha value is -2.62. The molecule has 1 aliphatic heterocycles. The molecule has 3 rings (SSSR count). The van der Waals surface area contributed by atoms with Crippen LogP contribution >= 0.6 is 11.8 Å². The fourth-order valence-corrected chi connectivity index (χ4v) is 4.09. The van der Waals surface area contributed by atoms with Gasteiger partial charge in [0.15, 0.2) is 0 Å². The molecule has 29 heavy (non-hydrogen) atoms. The number of carbonyl (C=O) groups excluding carboxylic acids is 2. The first-order valence-corrected chi connectivity index (χ1v) is 10.5. The Morgan fingerprint density at radius 2 is 1.93 bits per heavy atom. The predicted molar refractivity (Wildman–Crippen MR) is 107 cm³/mol. The average Bonchev–Trinajstić information content (AvgIpc) is 3.21. The molecule has 9 nitrogen and oxygen atoms in total. The van der Waals surface area contributed by atoms with Crippen LogP contribution in [0, 0.1) is 5.92 Å². The van der Waals surface area contributed by atoms with E-state index in [-0.39, 0.29) is 23.0 Å². The quantitative estimate of drug-likeness (QED) is 0.496. The molecule has 0 bridgehead atoms. The number of piperidine rings is 1. The normalized spacial score (nSPS) is 15.8. The highest BCUT2D eigenvalue weighted by Crippen LogP contribution is 2.27. The Balaban J connectivity index is 1.59. The van der Waals surface area contributed by atoms with E-state index in [4.69, 9.17) is 9.47 Å². The molecule has 1 aromatic carbocycles. The second kappa shape index (κ2) is 9.73. The van der Waals surface area contributed by atoms with E-state index in [1.54, 1.807) is 23.6 Å². The van der Waals surface area contributed by atoms with Crippen LogP contribution in [-0.4, -0.2) is 69.0 Å². The fourth-order valence-electron chi connectivity index (χ4n) is 3.20. The minimum atomic E-state index is -0.350. The minimum Gasteiger partial charge on any atom is -0.497 e. The van der Waals surface area contributed by atoms with Gasteiger partial charge in [0.2, 0.25) is 11.1 Å². The number of esters is 1. The summed E-state index contributed by atoms with van der Waals surface area (Å²) in [6, 6.07) is 7.36. The monoisotopic (exact) mass is 419 g/mol. The van der Waals surface area contributed by atoms with Gasteiger partial charge in [0.05, 0.1) is 30.6 Å². The van der Waals surface area contributed by atoms with E-state index >= 15 is 0 Å². The molecule has 2 aromatic rings. The maximum atomic E-state index is 12.9. The number of likely N-dealkylation sites (tertiary alicyclic amines) is 1. The van der Waals surface area contributed by atoms with E-state index in [1.165, 1.54) is 11.8 Å². The van der Waals surface area contributed by atoms with Crippen LogP contribution in [0.25, 0.3) is 5.69 Å². The molecule has 0 N–H and O–H groups in total. The van der Waals surface area contributed by atoms with Crippen LogP contribution in [0.5, 0.6) is 5.75 Å². The van der Waals surface area contributed by atoms with Gasteiger partial charge < -0.3 is 14.4 Å². The van der Waals surface area contributed by atoms with Crippen molar-refractivity contribution in [1.29, 1.82) is 0 Å². The number of amides is 1. The van der Waals surface area contributed by atoms with Gasteiger partial charge in [0.25, 0.3) is 0 Å². The van der Waals surface area contributed by atoms with Gasteiger partial charge in [-0.3, -0.25) is 9.59 Å². The Labute approximate surface area is 173 Å². The highest BCUT2D eigenvalue weighted by molar-refractivity contribution is 8.00. The van der Waals surface area contributed by atoms with Crippen molar-refractivity contribution in [2.75, 3.05) is 26.8 Å². The van der Waals surface area contributed by atoms with E-state index in [1.807, 2.05) is 31.2 Å². The number of hydrogen-bond acceptors (Lipinski definition) is 8. The zero-order valence-electron chi connectivity index (χ0n) is 16.8. The first kappa shape index (κ1) is 21.1. The third-order valence-corrected chi connectivity index (χ3v) is 5.83. The average molecular weight is 420 g/mol. The van der Waals surface area contributed by atoms with Gasteiger partial charge in [0, 0.05) is 13.1 Å². The summed E-state index contributed by atoms with van der Waals surface area (Å²) in [5.74, 6) is 0.470. The van der Waals surface area contributed by atoms with E-state index in [0.717, 1.165) is 11.4 Å². The molecule has 1 saturated heterocycles. The number of aromatic nitrogens is 4. The molecule has 156 valence electrons. The molecule has 2 heterocycles. The van der Waals surface area contributed by atoms with Gasteiger partial charge >= 0.3 is 5.97 Å². The Kier molecular flexibility index (Phi) is 7.08. The van der Waals surface area contributed by atoms with Crippen molar-refractivity contribution in [2.45, 2.75) is 37.1 Å². The standard InChI is InChI=1S/C19H25N5O4S/c1-4-28-18(26)14-9-11-23(12-10-14)17(25)13(2)29-19-20-21-22-24(19)15-5-7-16(27-3)8-6-15/h5-8,13-14H,4,9-12H2,1-3H3. The van der Waals surface area contributed by atoms with Crippen LogP contribution < -0.4 is 4.74 Å². The molecule has 1 amide bonds. The minimum absolute atomic E-state index is 0.0154. The Morgan fingerprint density at radius 3 is 2.55 bits per heavy atom. The summed E-state index contributed by atoms with van der Waals surface area (Å²) in [4.78, 5) is 26.5. The maximum Gasteiger partial charge on any atom is 0.309 e. The predicted octanol–water partition coefficient (Wildman–Crippen LogP) is 1.95. The summed E-state index contributed by atoms with van der Waals surface area (Å²) in [7, 11) is 1.61. The van der Waals surface area contributed by atoms with Crippen molar-refractivity contribution in [3.8, 4) is 11.4 Å². The number of carbonyl (C=O) groups is 2. The molecule has 10 heteroatoms. The van der Waals surface area contributed by atoms with Crippen molar-refractivity contribution in [2.24, 2.45) is 5.92 Å². The Bertz CT molecular complexity index is 833. The van der Waals surface area contributed by atoms with E-state index in [0.29, 0.717) is 37.7 Å². The molecule has 1 unspecified atom stereocenters. The number of hydrogen-bond donors (Lipinski definition) is 0. The topological polar surface area (TPSA) is 99.4 Å². The van der Waals surface area contributed by atoms with Crippen molar-refractivity contribution < 1.29 is 19.1 Å². The lowest BCUT2D eigenvalue weighted by molar-refractivity contribution is -0.151. The highest BCUT2D eigenvalue weighted by Gasteiger charge is 2.31. The van der Waals surface area contributed by atoms with Gasteiger partial charge in [-0.1, -0.05) is 11.8 Å². The lowest BCUT2D eigenvalue weighted by Crippen LogP contribution is -2.43. The molecule has 0 aliphatic carbocycles. The summed E-state index contributed by atoms with van der Waals surface area (Å²) >= 11 is 1.31. The summed E-state index contributed by atoms with van der Waals surface area (Å²) < 4.78 is 11.9. The van der Waals surface area contributed by atoms with Crippen molar-refractivity contribution in [3.05, 3.63) is 24.3 Å². The van der Waals surface area contributed by atoms with Crippen molar-refractivity contribution in [3.63, 3.8) is 0 Å². The van der Waals surface area contributed by atoms with Gasteiger partial charge in [0.1, 0.15) is 5.75 Å². The SMILES string of the molecule is CCOC(=O)C1CCN(C(=O)C(C)Sc2nnnn2-c2ccc(OC)cc2)CC1. The van der Waals surface area contributed by atoms with Crippen LogP contribution in [0.4, 0.5) is 0 Å². The molecule has 0 spiro atoms. The van der Waals surface area contributed by atoms with Gasteiger partial charge in [-0.05, 0) is 61.4 Å². The lowest BCUT2D eigenvalue weighted by Gasteiger charge is -2.32. The number of nitrogens with zero attached hydrogens (tertiary/aromatic N) is 5. The van der Waals surface area contributed by atoms with E-state index < -0.39 is 0 Å². The van der Waals surface area contributed by atoms with Crippen LogP contribution in [0.1, 0.15) is 26.7 Å². The number of tetrazole rings is 1. The number of rotatable bonds is 7. The number of thioether (sulfide) groups is 1. The second-order valence-corrected chi connectivity index (χ2v) is 7.99. The molecule has 1 atom stereocenters. The van der Waals surface area contributed by atoms with E-state index in [9.17, 15) is 9.59 Å². The first-order valence-electron chi connectivity index (χ1n) is 9.58.